The highest BCUT2D eigenvalue weighted by Gasteiger charge is 2.22. The van der Waals surface area contributed by atoms with Gasteiger partial charge in [-0.15, -0.1) is 0 Å². The summed E-state index contributed by atoms with van der Waals surface area (Å²) in [5, 5.41) is 8.71. The molecule has 0 aliphatic carbocycles. The Kier molecular flexibility index (Phi) is 7.04. The number of urea groups is 1. The summed E-state index contributed by atoms with van der Waals surface area (Å²) in [6.45, 7) is 3.59. The van der Waals surface area contributed by atoms with E-state index in [1.54, 1.807) is 6.07 Å². The van der Waals surface area contributed by atoms with Crippen LogP contribution in [0.1, 0.15) is 41.6 Å². The van der Waals surface area contributed by atoms with Gasteiger partial charge in [0, 0.05) is 44.2 Å². The van der Waals surface area contributed by atoms with Crippen molar-refractivity contribution < 1.29 is 14.3 Å². The minimum absolute atomic E-state index is 0.0873. The predicted molar refractivity (Wildman–Crippen MR) is 121 cm³/mol. The standard InChI is InChI=1S/C24H30N4O3/c29-23(25-17-20-9-6-14-31-20)21-15-19(10-11-22(21)28-12-4-5-13-28)27-24(30)26-16-18-7-2-1-3-8-18/h1-3,7-8,10-11,15,20H,4-6,9,12-14,16-17H2,(H,25,29)(H2,26,27,30). The van der Waals surface area contributed by atoms with E-state index in [-0.39, 0.29) is 18.0 Å². The minimum Gasteiger partial charge on any atom is -0.376 e. The molecule has 2 aromatic rings. The molecule has 2 aromatic carbocycles. The number of rotatable bonds is 7. The van der Waals surface area contributed by atoms with Crippen molar-refractivity contribution in [3.05, 3.63) is 59.7 Å². The number of carbonyl (C=O) groups excluding carboxylic acids is 2. The molecule has 1 atom stereocenters. The summed E-state index contributed by atoms with van der Waals surface area (Å²) in [6, 6.07) is 15.0. The summed E-state index contributed by atoms with van der Waals surface area (Å²) in [4.78, 5) is 27.6. The van der Waals surface area contributed by atoms with E-state index in [9.17, 15) is 9.59 Å². The maximum atomic E-state index is 13.0. The van der Waals surface area contributed by atoms with Gasteiger partial charge < -0.3 is 25.6 Å². The second-order valence-corrected chi connectivity index (χ2v) is 8.06. The molecule has 31 heavy (non-hydrogen) atoms. The van der Waals surface area contributed by atoms with E-state index in [4.69, 9.17) is 4.74 Å². The monoisotopic (exact) mass is 422 g/mol. The van der Waals surface area contributed by atoms with Crippen molar-refractivity contribution in [1.29, 1.82) is 0 Å². The lowest BCUT2D eigenvalue weighted by Gasteiger charge is -2.22. The second-order valence-electron chi connectivity index (χ2n) is 8.06. The van der Waals surface area contributed by atoms with Crippen molar-refractivity contribution in [3.8, 4) is 0 Å². The number of hydrogen-bond donors (Lipinski definition) is 3. The first-order chi connectivity index (χ1) is 15.2. The smallest absolute Gasteiger partial charge is 0.319 e. The molecule has 2 aliphatic heterocycles. The third-order valence-electron chi connectivity index (χ3n) is 5.76. The first-order valence-corrected chi connectivity index (χ1v) is 11.1. The summed E-state index contributed by atoms with van der Waals surface area (Å²) in [5.41, 5.74) is 3.12. The zero-order valence-electron chi connectivity index (χ0n) is 17.7. The number of amides is 3. The molecule has 2 fully saturated rings. The molecule has 7 nitrogen and oxygen atoms in total. The van der Waals surface area contributed by atoms with E-state index >= 15 is 0 Å². The molecule has 2 aliphatic rings. The lowest BCUT2D eigenvalue weighted by Crippen LogP contribution is -2.33. The van der Waals surface area contributed by atoms with Gasteiger partial charge in [0.15, 0.2) is 0 Å². The molecular weight excluding hydrogens is 392 g/mol. The summed E-state index contributed by atoms with van der Waals surface area (Å²) in [6.07, 6.45) is 4.35. The van der Waals surface area contributed by atoms with E-state index in [0.29, 0.717) is 24.3 Å². The average molecular weight is 423 g/mol. The van der Waals surface area contributed by atoms with Crippen LogP contribution < -0.4 is 20.9 Å². The van der Waals surface area contributed by atoms with Gasteiger partial charge in [0.05, 0.1) is 11.7 Å². The van der Waals surface area contributed by atoms with E-state index in [0.717, 1.165) is 56.6 Å². The lowest BCUT2D eigenvalue weighted by molar-refractivity contribution is 0.0858. The number of anilines is 2. The Morgan fingerprint density at radius 2 is 1.81 bits per heavy atom. The van der Waals surface area contributed by atoms with Crippen LogP contribution in [0, 0.1) is 0 Å². The Labute approximate surface area is 183 Å². The maximum absolute atomic E-state index is 13.0. The highest BCUT2D eigenvalue weighted by molar-refractivity contribution is 6.02. The average Bonchev–Trinajstić information content (AvgIpc) is 3.51. The number of hydrogen-bond acceptors (Lipinski definition) is 4. The quantitative estimate of drug-likeness (QED) is 0.638. The Balaban J connectivity index is 1.43. The highest BCUT2D eigenvalue weighted by atomic mass is 16.5. The molecule has 0 saturated carbocycles. The normalized spacial score (nSPS) is 18.1. The van der Waals surface area contributed by atoms with Gasteiger partial charge in [-0.25, -0.2) is 4.79 Å². The fourth-order valence-electron chi connectivity index (χ4n) is 4.09. The molecule has 2 heterocycles. The zero-order valence-corrected chi connectivity index (χ0v) is 17.7. The van der Waals surface area contributed by atoms with Gasteiger partial charge in [-0.2, -0.15) is 0 Å². The van der Waals surface area contributed by atoms with Gasteiger partial charge in [-0.05, 0) is 49.4 Å². The fraction of sp³-hybridized carbons (Fsp3) is 0.417. The van der Waals surface area contributed by atoms with E-state index in [2.05, 4.69) is 20.9 Å². The van der Waals surface area contributed by atoms with Crippen LogP contribution in [0.25, 0.3) is 0 Å². The van der Waals surface area contributed by atoms with Crippen molar-refractivity contribution >= 4 is 23.3 Å². The second kappa shape index (κ2) is 10.3. The highest BCUT2D eigenvalue weighted by Crippen LogP contribution is 2.27. The number of nitrogens with one attached hydrogen (secondary N) is 3. The minimum atomic E-state index is -0.302. The zero-order chi connectivity index (χ0) is 21.5. The maximum Gasteiger partial charge on any atom is 0.319 e. The first-order valence-electron chi connectivity index (χ1n) is 11.1. The van der Waals surface area contributed by atoms with Crippen LogP contribution in [0.4, 0.5) is 16.2 Å². The fourth-order valence-corrected chi connectivity index (χ4v) is 4.09. The van der Waals surface area contributed by atoms with Gasteiger partial charge in [0.1, 0.15) is 0 Å². The van der Waals surface area contributed by atoms with Crippen LogP contribution in [0.2, 0.25) is 0 Å². The third kappa shape index (κ3) is 5.76. The molecule has 0 spiro atoms. The summed E-state index contributed by atoms with van der Waals surface area (Å²) in [5.74, 6) is -0.134. The van der Waals surface area contributed by atoms with Crippen LogP contribution in [0.3, 0.4) is 0 Å². The molecule has 1 unspecified atom stereocenters. The van der Waals surface area contributed by atoms with Crippen LogP contribution in [-0.2, 0) is 11.3 Å². The van der Waals surface area contributed by atoms with Crippen molar-refractivity contribution in [1.82, 2.24) is 10.6 Å². The Hall–Kier alpha value is -3.06. The molecule has 3 N–H and O–H groups in total. The lowest BCUT2D eigenvalue weighted by atomic mass is 10.1. The van der Waals surface area contributed by atoms with Crippen molar-refractivity contribution in [3.63, 3.8) is 0 Å². The molecule has 7 heteroatoms. The molecular formula is C24H30N4O3. The number of ether oxygens (including phenoxy) is 1. The number of carbonyl (C=O) groups is 2. The molecule has 3 amide bonds. The first kappa shape index (κ1) is 21.2. The predicted octanol–water partition coefficient (Wildman–Crippen LogP) is 3.52. The van der Waals surface area contributed by atoms with Gasteiger partial charge in [-0.1, -0.05) is 30.3 Å². The molecule has 4 rings (SSSR count). The summed E-state index contributed by atoms with van der Waals surface area (Å²) in [7, 11) is 0. The molecule has 0 bridgehead atoms. The summed E-state index contributed by atoms with van der Waals surface area (Å²) < 4.78 is 5.62. The van der Waals surface area contributed by atoms with Crippen LogP contribution in [0.15, 0.2) is 48.5 Å². The third-order valence-corrected chi connectivity index (χ3v) is 5.76. The molecule has 164 valence electrons. The summed E-state index contributed by atoms with van der Waals surface area (Å²) >= 11 is 0. The van der Waals surface area contributed by atoms with Crippen molar-refractivity contribution in [2.45, 2.75) is 38.3 Å². The van der Waals surface area contributed by atoms with Gasteiger partial charge in [0.2, 0.25) is 0 Å². The molecule has 0 radical (unpaired) electrons. The largest absolute Gasteiger partial charge is 0.376 e. The van der Waals surface area contributed by atoms with Crippen molar-refractivity contribution in [2.75, 3.05) is 36.5 Å². The van der Waals surface area contributed by atoms with Crippen LogP contribution in [0.5, 0.6) is 0 Å². The Bertz CT molecular complexity index is 891. The van der Waals surface area contributed by atoms with Crippen molar-refractivity contribution in [2.24, 2.45) is 0 Å². The topological polar surface area (TPSA) is 82.7 Å². The Morgan fingerprint density at radius 3 is 2.55 bits per heavy atom. The van der Waals surface area contributed by atoms with E-state index in [1.165, 1.54) is 0 Å². The van der Waals surface area contributed by atoms with E-state index < -0.39 is 0 Å². The Morgan fingerprint density at radius 1 is 1.00 bits per heavy atom. The van der Waals surface area contributed by atoms with Crippen LogP contribution >= 0.6 is 0 Å². The van der Waals surface area contributed by atoms with E-state index in [1.807, 2.05) is 42.5 Å². The SMILES string of the molecule is O=C(NCc1ccccc1)Nc1ccc(N2CCCC2)c(C(=O)NCC2CCCO2)c1. The number of nitrogens with zero attached hydrogens (tertiary/aromatic N) is 1. The van der Waals surface area contributed by atoms with Gasteiger partial charge in [0.25, 0.3) is 5.91 Å². The molecule has 2 saturated heterocycles. The van der Waals surface area contributed by atoms with Gasteiger partial charge in [-0.3, -0.25) is 4.79 Å². The van der Waals surface area contributed by atoms with Crippen LogP contribution in [-0.4, -0.2) is 44.3 Å². The molecule has 0 aromatic heterocycles. The van der Waals surface area contributed by atoms with Gasteiger partial charge >= 0.3 is 6.03 Å². The number of benzene rings is 2.